The predicted octanol–water partition coefficient (Wildman–Crippen LogP) is 3.29. The molecule has 1 heterocycles. The first kappa shape index (κ1) is 22.3. The molecule has 0 aliphatic carbocycles. The van der Waals surface area contributed by atoms with E-state index in [1.54, 1.807) is 7.05 Å². The number of hydrogen-bond acceptors (Lipinski definition) is 3. The standard InChI is InChI=1S/C19H29N5O.HI/c1-16(2)15-24-12-11-21-18(24)14-23-19(20-3)22-10-7-13-25-17-8-5-4-6-9-17;/h4-6,8-9,11-12,16H,7,10,13-15H2,1-3H3,(H2,20,22,23);1H. The molecule has 26 heavy (non-hydrogen) atoms. The van der Waals surface area contributed by atoms with Gasteiger partial charge >= 0.3 is 0 Å². The number of aliphatic imine (C=N–C) groups is 1. The summed E-state index contributed by atoms with van der Waals surface area (Å²) in [6, 6.07) is 9.86. The van der Waals surface area contributed by atoms with Gasteiger partial charge in [0.2, 0.25) is 0 Å². The summed E-state index contributed by atoms with van der Waals surface area (Å²) in [5.74, 6) is 3.29. The van der Waals surface area contributed by atoms with Crippen molar-refractivity contribution in [3.63, 3.8) is 0 Å². The van der Waals surface area contributed by atoms with Gasteiger partial charge in [0, 0.05) is 32.5 Å². The second kappa shape index (κ2) is 12.6. The van der Waals surface area contributed by atoms with Gasteiger partial charge in [0.1, 0.15) is 11.6 Å². The van der Waals surface area contributed by atoms with E-state index in [9.17, 15) is 0 Å². The van der Waals surface area contributed by atoms with Crippen LogP contribution in [0.1, 0.15) is 26.1 Å². The number of nitrogens with one attached hydrogen (secondary N) is 2. The van der Waals surface area contributed by atoms with Gasteiger partial charge in [0.15, 0.2) is 5.96 Å². The zero-order valence-electron chi connectivity index (χ0n) is 15.8. The van der Waals surface area contributed by atoms with E-state index in [1.807, 2.05) is 42.7 Å². The van der Waals surface area contributed by atoms with Crippen LogP contribution in [0.2, 0.25) is 0 Å². The molecule has 0 saturated heterocycles. The normalized spacial score (nSPS) is 11.2. The highest BCUT2D eigenvalue weighted by Gasteiger charge is 2.05. The van der Waals surface area contributed by atoms with Crippen molar-refractivity contribution in [3.8, 4) is 5.75 Å². The molecule has 0 spiro atoms. The largest absolute Gasteiger partial charge is 0.494 e. The maximum atomic E-state index is 5.68. The Morgan fingerprint density at radius 1 is 1.23 bits per heavy atom. The second-order valence-corrected chi connectivity index (χ2v) is 6.26. The molecule has 2 aromatic rings. The summed E-state index contributed by atoms with van der Waals surface area (Å²) in [4.78, 5) is 8.67. The number of benzene rings is 1. The third kappa shape index (κ3) is 8.07. The van der Waals surface area contributed by atoms with Gasteiger partial charge in [-0.1, -0.05) is 32.0 Å². The van der Waals surface area contributed by atoms with Crippen LogP contribution in [0.25, 0.3) is 0 Å². The molecule has 2 N–H and O–H groups in total. The molecule has 0 aliphatic rings. The number of guanidine groups is 1. The number of para-hydroxylation sites is 1. The molecule has 0 aliphatic heterocycles. The number of nitrogens with zero attached hydrogens (tertiary/aromatic N) is 3. The van der Waals surface area contributed by atoms with Crippen LogP contribution in [0, 0.1) is 5.92 Å². The molecule has 1 aromatic carbocycles. The Hall–Kier alpha value is -1.77. The van der Waals surface area contributed by atoms with Crippen molar-refractivity contribution in [1.82, 2.24) is 20.2 Å². The summed E-state index contributed by atoms with van der Waals surface area (Å²) in [5.41, 5.74) is 0. The number of rotatable bonds is 9. The highest BCUT2D eigenvalue weighted by atomic mass is 127. The molecule has 0 saturated carbocycles. The van der Waals surface area contributed by atoms with Gasteiger partial charge in [-0.15, -0.1) is 24.0 Å². The van der Waals surface area contributed by atoms with Crippen molar-refractivity contribution in [1.29, 1.82) is 0 Å². The lowest BCUT2D eigenvalue weighted by molar-refractivity contribution is 0.311. The third-order valence-corrected chi connectivity index (χ3v) is 3.63. The minimum absolute atomic E-state index is 0. The van der Waals surface area contributed by atoms with Gasteiger partial charge in [-0.2, -0.15) is 0 Å². The van der Waals surface area contributed by atoms with Crippen molar-refractivity contribution < 1.29 is 4.74 Å². The van der Waals surface area contributed by atoms with E-state index in [2.05, 4.69) is 39.0 Å². The number of hydrogen-bond donors (Lipinski definition) is 2. The summed E-state index contributed by atoms with van der Waals surface area (Å²) in [7, 11) is 1.77. The number of aromatic nitrogens is 2. The lowest BCUT2D eigenvalue weighted by Gasteiger charge is -2.14. The van der Waals surface area contributed by atoms with Crippen LogP contribution in [-0.4, -0.2) is 35.7 Å². The summed E-state index contributed by atoms with van der Waals surface area (Å²) in [5, 5.41) is 6.61. The Bertz CT molecular complexity index is 642. The lowest BCUT2D eigenvalue weighted by atomic mass is 10.2. The van der Waals surface area contributed by atoms with Gasteiger partial charge in [-0.05, 0) is 24.5 Å². The van der Waals surface area contributed by atoms with E-state index in [1.165, 1.54) is 0 Å². The maximum absolute atomic E-state index is 5.68. The molecule has 0 atom stereocenters. The highest BCUT2D eigenvalue weighted by Crippen LogP contribution is 2.08. The first-order valence-corrected chi connectivity index (χ1v) is 8.81. The smallest absolute Gasteiger partial charge is 0.191 e. The average molecular weight is 471 g/mol. The molecule has 1 aromatic heterocycles. The number of imidazole rings is 1. The Balaban J connectivity index is 0.00000338. The molecule has 0 amide bonds. The van der Waals surface area contributed by atoms with E-state index in [0.29, 0.717) is 19.1 Å². The molecular formula is C19H30IN5O. The highest BCUT2D eigenvalue weighted by molar-refractivity contribution is 14.0. The molecular weight excluding hydrogens is 441 g/mol. The van der Waals surface area contributed by atoms with Crippen LogP contribution in [0.4, 0.5) is 0 Å². The van der Waals surface area contributed by atoms with Crippen LogP contribution in [-0.2, 0) is 13.1 Å². The minimum atomic E-state index is 0. The molecule has 7 heteroatoms. The predicted molar refractivity (Wildman–Crippen MR) is 117 cm³/mol. The first-order valence-electron chi connectivity index (χ1n) is 8.81. The van der Waals surface area contributed by atoms with E-state index >= 15 is 0 Å². The Kier molecular flexibility index (Phi) is 10.8. The first-order chi connectivity index (χ1) is 12.2. The third-order valence-electron chi connectivity index (χ3n) is 3.63. The Labute approximate surface area is 173 Å². The van der Waals surface area contributed by atoms with Gasteiger partial charge in [0.25, 0.3) is 0 Å². The van der Waals surface area contributed by atoms with Gasteiger partial charge in [-0.3, -0.25) is 4.99 Å². The SMILES string of the molecule is CN=C(NCCCOc1ccccc1)NCc1nccn1CC(C)C.I. The summed E-state index contributed by atoms with van der Waals surface area (Å²) < 4.78 is 7.86. The fourth-order valence-electron chi connectivity index (χ4n) is 2.44. The van der Waals surface area contributed by atoms with Crippen molar-refractivity contribution >= 4 is 29.9 Å². The molecule has 0 radical (unpaired) electrons. The topological polar surface area (TPSA) is 63.5 Å². The summed E-state index contributed by atoms with van der Waals surface area (Å²) >= 11 is 0. The molecule has 2 rings (SSSR count). The fraction of sp³-hybridized carbons (Fsp3) is 0.474. The fourth-order valence-corrected chi connectivity index (χ4v) is 2.44. The number of halogens is 1. The average Bonchev–Trinajstić information content (AvgIpc) is 3.04. The maximum Gasteiger partial charge on any atom is 0.191 e. The summed E-state index contributed by atoms with van der Waals surface area (Å²) in [6.07, 6.45) is 4.77. The Morgan fingerprint density at radius 3 is 2.69 bits per heavy atom. The zero-order valence-corrected chi connectivity index (χ0v) is 18.1. The lowest BCUT2D eigenvalue weighted by Crippen LogP contribution is -2.38. The molecule has 144 valence electrons. The molecule has 0 unspecified atom stereocenters. The van der Waals surface area contributed by atoms with Gasteiger partial charge in [0.05, 0.1) is 13.2 Å². The van der Waals surface area contributed by atoms with E-state index in [-0.39, 0.29) is 24.0 Å². The van der Waals surface area contributed by atoms with E-state index in [0.717, 1.165) is 37.0 Å². The minimum Gasteiger partial charge on any atom is -0.494 e. The van der Waals surface area contributed by atoms with Crippen molar-refractivity contribution in [2.75, 3.05) is 20.2 Å². The second-order valence-electron chi connectivity index (χ2n) is 6.26. The molecule has 0 bridgehead atoms. The Morgan fingerprint density at radius 2 is 2.00 bits per heavy atom. The van der Waals surface area contributed by atoms with Crippen LogP contribution in [0.15, 0.2) is 47.7 Å². The van der Waals surface area contributed by atoms with E-state index < -0.39 is 0 Å². The van der Waals surface area contributed by atoms with Crippen molar-refractivity contribution in [2.24, 2.45) is 10.9 Å². The molecule has 0 fully saturated rings. The molecule has 6 nitrogen and oxygen atoms in total. The zero-order chi connectivity index (χ0) is 17.9. The van der Waals surface area contributed by atoms with Crippen LogP contribution in [0.5, 0.6) is 5.75 Å². The van der Waals surface area contributed by atoms with Crippen molar-refractivity contribution in [2.45, 2.75) is 33.4 Å². The summed E-state index contributed by atoms with van der Waals surface area (Å²) in [6.45, 7) is 7.50. The number of ether oxygens (including phenoxy) is 1. The van der Waals surface area contributed by atoms with Crippen molar-refractivity contribution in [3.05, 3.63) is 48.5 Å². The van der Waals surface area contributed by atoms with Gasteiger partial charge < -0.3 is 19.9 Å². The van der Waals surface area contributed by atoms with Crippen LogP contribution in [0.3, 0.4) is 0 Å². The van der Waals surface area contributed by atoms with Crippen LogP contribution < -0.4 is 15.4 Å². The van der Waals surface area contributed by atoms with Gasteiger partial charge in [-0.25, -0.2) is 4.98 Å². The monoisotopic (exact) mass is 471 g/mol. The van der Waals surface area contributed by atoms with Crippen LogP contribution >= 0.6 is 24.0 Å². The van der Waals surface area contributed by atoms with E-state index in [4.69, 9.17) is 4.74 Å². The quantitative estimate of drug-likeness (QED) is 0.255.